The Hall–Kier alpha value is -2.12. The average Bonchev–Trinajstić information content (AvgIpc) is 3.32. The van der Waals surface area contributed by atoms with Crippen LogP contribution in [0.15, 0.2) is 23.6 Å². The number of rotatable bonds is 6. The molecular weight excluding hydrogens is 338 g/mol. The van der Waals surface area contributed by atoms with Gasteiger partial charge in [-0.1, -0.05) is 0 Å². The average molecular weight is 361 g/mol. The summed E-state index contributed by atoms with van der Waals surface area (Å²) in [6.45, 7) is 1.85. The second-order valence-electron chi connectivity index (χ2n) is 6.04. The van der Waals surface area contributed by atoms with Crippen molar-refractivity contribution >= 4 is 17.2 Å². The number of benzene rings is 1. The van der Waals surface area contributed by atoms with Crippen LogP contribution in [0, 0.1) is 0 Å². The molecule has 0 bridgehead atoms. The lowest BCUT2D eigenvalue weighted by Crippen LogP contribution is -2.39. The second-order valence-corrected chi connectivity index (χ2v) is 6.90. The van der Waals surface area contributed by atoms with E-state index in [0.717, 1.165) is 35.8 Å². The standard InChI is InChI=1S/C18H23N3O3S/c1-21(14-6-7-19-10-14)17(22)9-13-11-25-18(20-13)12-4-5-15(23-2)16(8-12)24-3/h4-5,8,11,14,19H,6-7,9-10H2,1-3H3. The molecule has 25 heavy (non-hydrogen) atoms. The Labute approximate surface area is 151 Å². The maximum atomic E-state index is 12.5. The molecule has 2 heterocycles. The van der Waals surface area contributed by atoms with Gasteiger partial charge < -0.3 is 19.7 Å². The van der Waals surface area contributed by atoms with Gasteiger partial charge in [0.25, 0.3) is 0 Å². The van der Waals surface area contributed by atoms with Gasteiger partial charge in [0.05, 0.1) is 26.3 Å². The molecule has 1 saturated heterocycles. The summed E-state index contributed by atoms with van der Waals surface area (Å²) in [5.41, 5.74) is 1.76. The molecule has 0 spiro atoms. The minimum absolute atomic E-state index is 0.109. The lowest BCUT2D eigenvalue weighted by atomic mass is 10.2. The van der Waals surface area contributed by atoms with Crippen LogP contribution >= 0.6 is 11.3 Å². The first-order valence-electron chi connectivity index (χ1n) is 8.25. The Kier molecular flexibility index (Phi) is 5.55. The SMILES string of the molecule is COc1ccc(-c2nc(CC(=O)N(C)C3CCNC3)cs2)cc1OC. The van der Waals surface area contributed by atoms with Crippen molar-refractivity contribution in [1.82, 2.24) is 15.2 Å². The first-order chi connectivity index (χ1) is 12.1. The van der Waals surface area contributed by atoms with Crippen LogP contribution in [0.3, 0.4) is 0 Å². The van der Waals surface area contributed by atoms with E-state index in [1.165, 1.54) is 11.3 Å². The number of likely N-dealkylation sites (N-methyl/N-ethyl adjacent to an activating group) is 1. The topological polar surface area (TPSA) is 63.7 Å². The van der Waals surface area contributed by atoms with Crippen LogP contribution in [0.2, 0.25) is 0 Å². The van der Waals surface area contributed by atoms with E-state index in [1.807, 2.05) is 35.5 Å². The van der Waals surface area contributed by atoms with Gasteiger partial charge >= 0.3 is 0 Å². The van der Waals surface area contributed by atoms with Crippen molar-refractivity contribution < 1.29 is 14.3 Å². The molecule has 1 fully saturated rings. The Morgan fingerprint density at radius 2 is 2.16 bits per heavy atom. The summed E-state index contributed by atoms with van der Waals surface area (Å²) in [7, 11) is 5.10. The van der Waals surface area contributed by atoms with Crippen LogP contribution in [0.5, 0.6) is 11.5 Å². The number of hydrogen-bond acceptors (Lipinski definition) is 6. The molecule has 1 atom stereocenters. The van der Waals surface area contributed by atoms with Crippen molar-refractivity contribution in [2.24, 2.45) is 0 Å². The maximum absolute atomic E-state index is 12.5. The van der Waals surface area contributed by atoms with E-state index in [2.05, 4.69) is 10.3 Å². The first kappa shape index (κ1) is 17.7. The number of hydrogen-bond donors (Lipinski definition) is 1. The van der Waals surface area contributed by atoms with E-state index < -0.39 is 0 Å². The van der Waals surface area contributed by atoms with Crippen molar-refractivity contribution in [2.45, 2.75) is 18.9 Å². The third-order valence-corrected chi connectivity index (χ3v) is 5.43. The van der Waals surface area contributed by atoms with Crippen LogP contribution in [0.4, 0.5) is 0 Å². The van der Waals surface area contributed by atoms with Crippen molar-refractivity contribution in [3.63, 3.8) is 0 Å². The molecule has 1 aromatic heterocycles. The zero-order chi connectivity index (χ0) is 17.8. The van der Waals surface area contributed by atoms with Gasteiger partial charge in [0.2, 0.25) is 5.91 Å². The van der Waals surface area contributed by atoms with E-state index in [4.69, 9.17) is 9.47 Å². The molecule has 134 valence electrons. The number of aromatic nitrogens is 1. The highest BCUT2D eigenvalue weighted by Gasteiger charge is 2.23. The van der Waals surface area contributed by atoms with Gasteiger partial charge in [0.1, 0.15) is 5.01 Å². The normalized spacial score (nSPS) is 16.7. The molecule has 0 aliphatic carbocycles. The summed E-state index contributed by atoms with van der Waals surface area (Å²) in [5.74, 6) is 1.46. The van der Waals surface area contributed by atoms with Gasteiger partial charge in [-0.25, -0.2) is 4.98 Å². The van der Waals surface area contributed by atoms with Gasteiger partial charge in [0, 0.05) is 30.6 Å². The zero-order valence-electron chi connectivity index (χ0n) is 14.7. The van der Waals surface area contributed by atoms with Crippen LogP contribution in [0.1, 0.15) is 12.1 Å². The predicted molar refractivity (Wildman–Crippen MR) is 98.4 cm³/mol. The molecule has 1 unspecified atom stereocenters. The minimum atomic E-state index is 0.109. The Balaban J connectivity index is 1.71. The van der Waals surface area contributed by atoms with Crippen LogP contribution in [-0.4, -0.2) is 56.2 Å². The molecular formula is C18H23N3O3S. The molecule has 1 aliphatic heterocycles. The molecule has 1 amide bonds. The van der Waals surface area contributed by atoms with E-state index in [-0.39, 0.29) is 11.9 Å². The van der Waals surface area contributed by atoms with Crippen LogP contribution < -0.4 is 14.8 Å². The molecule has 6 nitrogen and oxygen atoms in total. The summed E-state index contributed by atoms with van der Waals surface area (Å²) < 4.78 is 10.6. The molecule has 1 aromatic carbocycles. The monoisotopic (exact) mass is 361 g/mol. The Morgan fingerprint density at radius 3 is 2.84 bits per heavy atom. The van der Waals surface area contributed by atoms with E-state index in [0.29, 0.717) is 17.9 Å². The maximum Gasteiger partial charge on any atom is 0.228 e. The fourth-order valence-corrected chi connectivity index (χ4v) is 3.76. The number of methoxy groups -OCH3 is 2. The largest absolute Gasteiger partial charge is 0.493 e. The van der Waals surface area contributed by atoms with E-state index >= 15 is 0 Å². The summed E-state index contributed by atoms with van der Waals surface area (Å²) in [4.78, 5) is 18.9. The molecule has 0 saturated carbocycles. The smallest absolute Gasteiger partial charge is 0.228 e. The molecule has 3 rings (SSSR count). The molecule has 7 heteroatoms. The van der Waals surface area contributed by atoms with Gasteiger partial charge in [0.15, 0.2) is 11.5 Å². The highest BCUT2D eigenvalue weighted by molar-refractivity contribution is 7.13. The second kappa shape index (κ2) is 7.84. The number of thiazole rings is 1. The molecule has 2 aromatic rings. The fourth-order valence-electron chi connectivity index (χ4n) is 2.94. The summed E-state index contributed by atoms with van der Waals surface area (Å²) in [5, 5.41) is 6.11. The number of carbonyl (C=O) groups excluding carboxylic acids is 1. The first-order valence-corrected chi connectivity index (χ1v) is 9.13. The quantitative estimate of drug-likeness (QED) is 0.854. The summed E-state index contributed by atoms with van der Waals surface area (Å²) in [6.07, 6.45) is 1.34. The third kappa shape index (κ3) is 3.93. The van der Waals surface area contributed by atoms with Gasteiger partial charge in [-0.3, -0.25) is 4.79 Å². The molecule has 1 aliphatic rings. The van der Waals surface area contributed by atoms with Crippen molar-refractivity contribution in [3.8, 4) is 22.1 Å². The van der Waals surface area contributed by atoms with Crippen molar-refractivity contribution in [3.05, 3.63) is 29.3 Å². The summed E-state index contributed by atoms with van der Waals surface area (Å²) in [6, 6.07) is 6.00. The lowest BCUT2D eigenvalue weighted by molar-refractivity contribution is -0.130. The van der Waals surface area contributed by atoms with Crippen LogP contribution in [0.25, 0.3) is 10.6 Å². The number of ether oxygens (including phenoxy) is 2. The third-order valence-electron chi connectivity index (χ3n) is 4.49. The zero-order valence-corrected chi connectivity index (χ0v) is 15.6. The highest BCUT2D eigenvalue weighted by Crippen LogP contribution is 2.33. The number of carbonyl (C=O) groups is 1. The number of nitrogens with one attached hydrogen (secondary N) is 1. The molecule has 1 N–H and O–H groups in total. The lowest BCUT2D eigenvalue weighted by Gasteiger charge is -2.23. The van der Waals surface area contributed by atoms with Crippen molar-refractivity contribution in [2.75, 3.05) is 34.4 Å². The molecule has 0 radical (unpaired) electrons. The van der Waals surface area contributed by atoms with Crippen molar-refractivity contribution in [1.29, 1.82) is 0 Å². The van der Waals surface area contributed by atoms with Gasteiger partial charge in [-0.15, -0.1) is 11.3 Å². The minimum Gasteiger partial charge on any atom is -0.493 e. The Bertz CT molecular complexity index is 741. The van der Waals surface area contributed by atoms with E-state index in [9.17, 15) is 4.79 Å². The van der Waals surface area contributed by atoms with Gasteiger partial charge in [-0.05, 0) is 31.2 Å². The predicted octanol–water partition coefficient (Wildman–Crippen LogP) is 2.19. The van der Waals surface area contributed by atoms with Crippen LogP contribution in [-0.2, 0) is 11.2 Å². The van der Waals surface area contributed by atoms with E-state index in [1.54, 1.807) is 14.2 Å². The Morgan fingerprint density at radius 1 is 1.36 bits per heavy atom. The highest BCUT2D eigenvalue weighted by atomic mass is 32.1. The summed E-state index contributed by atoms with van der Waals surface area (Å²) >= 11 is 1.53. The fraction of sp³-hybridized carbons (Fsp3) is 0.444. The number of amides is 1. The number of nitrogens with zero attached hydrogens (tertiary/aromatic N) is 2. The van der Waals surface area contributed by atoms with Gasteiger partial charge in [-0.2, -0.15) is 0 Å².